The Morgan fingerprint density at radius 3 is 2.61 bits per heavy atom. The third kappa shape index (κ3) is 5.57. The number of nitrogens with one attached hydrogen (secondary N) is 1. The van der Waals surface area contributed by atoms with Crippen molar-refractivity contribution < 1.29 is 9.53 Å². The Labute approximate surface area is 182 Å². The van der Waals surface area contributed by atoms with Crippen LogP contribution in [0.2, 0.25) is 0 Å². The zero-order chi connectivity index (χ0) is 21.6. The Bertz CT molecular complexity index is 1000. The summed E-state index contributed by atoms with van der Waals surface area (Å²) in [5.74, 6) is 1.52. The monoisotopic (exact) mass is 417 g/mol. The lowest BCUT2D eigenvalue weighted by Gasteiger charge is -2.32. The fourth-order valence-electron chi connectivity index (χ4n) is 3.83. The van der Waals surface area contributed by atoms with Gasteiger partial charge in [-0.25, -0.2) is 9.97 Å². The van der Waals surface area contributed by atoms with Crippen LogP contribution < -0.4 is 10.1 Å². The van der Waals surface area contributed by atoms with E-state index in [1.54, 1.807) is 6.20 Å². The van der Waals surface area contributed by atoms with Gasteiger partial charge in [0, 0.05) is 36.1 Å². The van der Waals surface area contributed by atoms with Crippen molar-refractivity contribution in [2.24, 2.45) is 0 Å². The number of hydrogen-bond donors (Lipinski definition) is 1. The number of para-hydroxylation sites is 1. The van der Waals surface area contributed by atoms with Gasteiger partial charge in [-0.3, -0.25) is 9.78 Å². The summed E-state index contributed by atoms with van der Waals surface area (Å²) < 4.78 is 5.62. The van der Waals surface area contributed by atoms with Gasteiger partial charge in [-0.1, -0.05) is 18.2 Å². The second kappa shape index (κ2) is 9.55. The SMILES string of the molecule is Cc1cc(C)nc(Nc2ccc([C@@H]3CCCN(C(=O)COc4ccccc4)C3)nc2)n1. The van der Waals surface area contributed by atoms with Crippen molar-refractivity contribution in [3.05, 3.63) is 71.8 Å². The summed E-state index contributed by atoms with van der Waals surface area (Å²) in [6, 6.07) is 15.4. The van der Waals surface area contributed by atoms with Crippen LogP contribution in [-0.2, 0) is 4.79 Å². The number of carbonyl (C=O) groups excluding carboxylic acids is 1. The number of rotatable bonds is 6. The Balaban J connectivity index is 1.35. The lowest BCUT2D eigenvalue weighted by atomic mass is 9.94. The molecule has 0 aliphatic carbocycles. The number of nitrogens with zero attached hydrogens (tertiary/aromatic N) is 4. The van der Waals surface area contributed by atoms with Crippen LogP contribution in [0, 0.1) is 13.8 Å². The maximum atomic E-state index is 12.6. The number of pyridine rings is 1. The molecule has 0 unspecified atom stereocenters. The van der Waals surface area contributed by atoms with E-state index in [0.717, 1.165) is 42.2 Å². The summed E-state index contributed by atoms with van der Waals surface area (Å²) in [6.07, 6.45) is 3.78. The average molecular weight is 418 g/mol. The number of benzene rings is 1. The summed E-state index contributed by atoms with van der Waals surface area (Å²) in [5.41, 5.74) is 3.67. The Hall–Kier alpha value is -3.48. The van der Waals surface area contributed by atoms with Gasteiger partial charge in [0.15, 0.2) is 6.61 Å². The maximum absolute atomic E-state index is 12.6. The number of carbonyl (C=O) groups is 1. The van der Waals surface area contributed by atoms with Crippen molar-refractivity contribution in [1.82, 2.24) is 19.9 Å². The summed E-state index contributed by atoms with van der Waals surface area (Å²) in [4.78, 5) is 28.0. The highest BCUT2D eigenvalue weighted by Crippen LogP contribution is 2.26. The third-order valence-electron chi connectivity index (χ3n) is 5.32. The van der Waals surface area contributed by atoms with E-state index in [1.807, 2.05) is 67.3 Å². The summed E-state index contributed by atoms with van der Waals surface area (Å²) in [7, 11) is 0. The van der Waals surface area contributed by atoms with Crippen LogP contribution in [0.25, 0.3) is 0 Å². The number of aromatic nitrogens is 3. The van der Waals surface area contributed by atoms with Gasteiger partial charge in [-0.05, 0) is 57.0 Å². The Morgan fingerprint density at radius 2 is 1.90 bits per heavy atom. The molecular formula is C24H27N5O2. The molecule has 0 bridgehead atoms. The van der Waals surface area contributed by atoms with E-state index in [-0.39, 0.29) is 18.4 Å². The molecule has 1 N–H and O–H groups in total. The van der Waals surface area contributed by atoms with Crippen molar-refractivity contribution in [3.8, 4) is 5.75 Å². The molecule has 1 aliphatic rings. The van der Waals surface area contributed by atoms with Crippen molar-refractivity contribution in [2.75, 3.05) is 25.0 Å². The van der Waals surface area contributed by atoms with E-state index in [4.69, 9.17) is 4.74 Å². The highest BCUT2D eigenvalue weighted by Gasteiger charge is 2.25. The average Bonchev–Trinajstić information content (AvgIpc) is 2.78. The van der Waals surface area contributed by atoms with Gasteiger partial charge in [0.05, 0.1) is 11.9 Å². The first-order chi connectivity index (χ1) is 15.1. The fourth-order valence-corrected chi connectivity index (χ4v) is 3.83. The smallest absolute Gasteiger partial charge is 0.260 e. The standard InChI is InChI=1S/C24H27N5O2/c1-17-13-18(2)27-24(26-17)28-20-10-11-22(25-14-20)19-7-6-12-29(15-19)23(30)16-31-21-8-4-3-5-9-21/h3-5,8-11,13-14,19H,6-7,12,15-16H2,1-2H3,(H,26,27,28)/t19-/m1/s1. The first-order valence-electron chi connectivity index (χ1n) is 10.6. The van der Waals surface area contributed by atoms with Crippen molar-refractivity contribution in [1.29, 1.82) is 0 Å². The van der Waals surface area contributed by atoms with Gasteiger partial charge < -0.3 is 15.0 Å². The highest BCUT2D eigenvalue weighted by molar-refractivity contribution is 5.78. The van der Waals surface area contributed by atoms with Gasteiger partial charge in [-0.2, -0.15) is 0 Å². The molecule has 0 spiro atoms. The molecule has 1 fully saturated rings. The Kier molecular flexibility index (Phi) is 6.40. The van der Waals surface area contributed by atoms with Crippen LogP contribution in [0.1, 0.15) is 35.8 Å². The highest BCUT2D eigenvalue weighted by atomic mass is 16.5. The minimum atomic E-state index is 0.0128. The molecule has 2 aromatic heterocycles. The largest absolute Gasteiger partial charge is 0.484 e. The minimum absolute atomic E-state index is 0.0128. The van der Waals surface area contributed by atoms with E-state index in [2.05, 4.69) is 20.3 Å². The first kappa shape index (κ1) is 20.8. The molecule has 0 radical (unpaired) electrons. The molecule has 1 aromatic carbocycles. The van der Waals surface area contributed by atoms with E-state index >= 15 is 0 Å². The summed E-state index contributed by atoms with van der Waals surface area (Å²) in [5, 5.41) is 3.21. The topological polar surface area (TPSA) is 80.2 Å². The molecule has 160 valence electrons. The molecule has 1 saturated heterocycles. The first-order valence-corrected chi connectivity index (χ1v) is 10.6. The number of amides is 1. The number of anilines is 2. The molecule has 3 heterocycles. The van der Waals surface area contributed by atoms with Gasteiger partial charge >= 0.3 is 0 Å². The quantitative estimate of drug-likeness (QED) is 0.653. The predicted octanol–water partition coefficient (Wildman–Crippen LogP) is 4.02. The molecule has 0 saturated carbocycles. The molecule has 7 nitrogen and oxygen atoms in total. The zero-order valence-corrected chi connectivity index (χ0v) is 17.9. The number of likely N-dealkylation sites (tertiary alicyclic amines) is 1. The molecule has 1 atom stereocenters. The van der Waals surface area contributed by atoms with Crippen LogP contribution in [0.3, 0.4) is 0 Å². The molecule has 1 aliphatic heterocycles. The molecule has 7 heteroatoms. The van der Waals surface area contributed by atoms with E-state index in [1.165, 1.54) is 0 Å². The summed E-state index contributed by atoms with van der Waals surface area (Å²) in [6.45, 7) is 5.38. The maximum Gasteiger partial charge on any atom is 0.260 e. The Morgan fingerprint density at radius 1 is 1.13 bits per heavy atom. The van der Waals surface area contributed by atoms with Crippen molar-refractivity contribution in [2.45, 2.75) is 32.6 Å². The molecule has 31 heavy (non-hydrogen) atoms. The van der Waals surface area contributed by atoms with Gasteiger partial charge in [-0.15, -0.1) is 0 Å². The van der Waals surface area contributed by atoms with Gasteiger partial charge in [0.2, 0.25) is 5.95 Å². The number of aryl methyl sites for hydroxylation is 2. The minimum Gasteiger partial charge on any atom is -0.484 e. The van der Waals surface area contributed by atoms with Crippen LogP contribution in [0.15, 0.2) is 54.7 Å². The van der Waals surface area contributed by atoms with Crippen LogP contribution in [0.4, 0.5) is 11.6 Å². The van der Waals surface area contributed by atoms with Gasteiger partial charge in [0.25, 0.3) is 5.91 Å². The second-order valence-corrected chi connectivity index (χ2v) is 7.85. The zero-order valence-electron chi connectivity index (χ0n) is 17.9. The lowest BCUT2D eigenvalue weighted by molar-refractivity contribution is -0.134. The van der Waals surface area contributed by atoms with Crippen LogP contribution in [0.5, 0.6) is 5.75 Å². The van der Waals surface area contributed by atoms with Gasteiger partial charge in [0.1, 0.15) is 5.75 Å². The van der Waals surface area contributed by atoms with E-state index in [9.17, 15) is 4.79 Å². The van der Waals surface area contributed by atoms with E-state index < -0.39 is 0 Å². The molecule has 1 amide bonds. The van der Waals surface area contributed by atoms with Crippen LogP contribution >= 0.6 is 0 Å². The fraction of sp³-hybridized carbons (Fsp3) is 0.333. The molecule has 4 rings (SSSR count). The number of piperidine rings is 1. The van der Waals surface area contributed by atoms with Crippen molar-refractivity contribution >= 4 is 17.5 Å². The van der Waals surface area contributed by atoms with Crippen LogP contribution in [-0.4, -0.2) is 45.5 Å². The number of hydrogen-bond acceptors (Lipinski definition) is 6. The molecule has 3 aromatic rings. The number of ether oxygens (including phenoxy) is 1. The predicted molar refractivity (Wildman–Crippen MR) is 120 cm³/mol. The summed E-state index contributed by atoms with van der Waals surface area (Å²) >= 11 is 0. The van der Waals surface area contributed by atoms with Crippen molar-refractivity contribution in [3.63, 3.8) is 0 Å². The molecular weight excluding hydrogens is 390 g/mol. The second-order valence-electron chi connectivity index (χ2n) is 7.85. The third-order valence-corrected chi connectivity index (χ3v) is 5.32. The lowest BCUT2D eigenvalue weighted by Crippen LogP contribution is -2.41. The normalized spacial score (nSPS) is 16.1. The van der Waals surface area contributed by atoms with E-state index in [0.29, 0.717) is 18.2 Å².